The zero-order valence-corrected chi connectivity index (χ0v) is 20.1. The van der Waals surface area contributed by atoms with Crippen molar-refractivity contribution >= 4 is 17.6 Å². The molecule has 8 nitrogen and oxygen atoms in total. The second-order valence-corrected chi connectivity index (χ2v) is 8.81. The van der Waals surface area contributed by atoms with Gasteiger partial charge >= 0.3 is 6.03 Å². The van der Waals surface area contributed by atoms with E-state index in [4.69, 9.17) is 4.74 Å². The first-order valence-corrected chi connectivity index (χ1v) is 11.8. The van der Waals surface area contributed by atoms with E-state index in [1.54, 1.807) is 54.6 Å². The van der Waals surface area contributed by atoms with Gasteiger partial charge in [0.25, 0.3) is 5.91 Å². The van der Waals surface area contributed by atoms with Gasteiger partial charge in [-0.25, -0.2) is 9.18 Å². The van der Waals surface area contributed by atoms with Crippen LogP contribution in [-0.2, 0) is 6.54 Å². The third-order valence-electron chi connectivity index (χ3n) is 6.16. The summed E-state index contributed by atoms with van der Waals surface area (Å²) in [5.74, 6) is -0.0942. The third kappa shape index (κ3) is 5.30. The van der Waals surface area contributed by atoms with Crippen molar-refractivity contribution in [3.63, 3.8) is 0 Å². The van der Waals surface area contributed by atoms with Crippen LogP contribution < -0.4 is 15.4 Å². The van der Waals surface area contributed by atoms with Crippen LogP contribution in [0.15, 0.2) is 72.8 Å². The van der Waals surface area contributed by atoms with Gasteiger partial charge in [0.05, 0.1) is 24.1 Å². The number of anilines is 1. The first-order chi connectivity index (χ1) is 17.9. The average molecular weight is 501 g/mol. The number of carbonyl (C=O) groups is 2. The number of ether oxygens (including phenoxy) is 1. The second-order valence-electron chi connectivity index (χ2n) is 8.81. The van der Waals surface area contributed by atoms with Gasteiger partial charge in [-0.1, -0.05) is 24.3 Å². The number of nitrogens with one attached hydrogen (secondary N) is 2. The van der Waals surface area contributed by atoms with Crippen molar-refractivity contribution in [3.05, 3.63) is 95.4 Å². The minimum Gasteiger partial charge on any atom is -0.507 e. The lowest BCUT2D eigenvalue weighted by Crippen LogP contribution is -2.30. The van der Waals surface area contributed by atoms with Crippen LogP contribution in [0.3, 0.4) is 0 Å². The number of methoxy groups -OCH3 is 1. The maximum atomic E-state index is 13.2. The number of phenols is 1. The normalized spacial score (nSPS) is 12.7. The van der Waals surface area contributed by atoms with E-state index in [9.17, 15) is 19.1 Å². The van der Waals surface area contributed by atoms with Crippen LogP contribution in [0.1, 0.15) is 40.4 Å². The summed E-state index contributed by atoms with van der Waals surface area (Å²) in [6, 6.07) is 18.8. The maximum Gasteiger partial charge on any atom is 0.342 e. The highest BCUT2D eigenvalue weighted by Gasteiger charge is 2.31. The number of hydrogen-bond donors (Lipinski definition) is 3. The van der Waals surface area contributed by atoms with Crippen LogP contribution in [0.5, 0.6) is 11.5 Å². The molecule has 3 N–H and O–H groups in total. The fourth-order valence-electron chi connectivity index (χ4n) is 4.06. The monoisotopic (exact) mass is 500 g/mol. The predicted octanol–water partition coefficient (Wildman–Crippen LogP) is 5.29. The summed E-state index contributed by atoms with van der Waals surface area (Å²) >= 11 is 0. The van der Waals surface area contributed by atoms with Gasteiger partial charge in [-0.05, 0) is 66.9 Å². The molecule has 1 fully saturated rings. The Morgan fingerprint density at radius 2 is 1.84 bits per heavy atom. The van der Waals surface area contributed by atoms with Crippen LogP contribution in [0, 0.1) is 5.82 Å². The molecule has 188 valence electrons. The number of carbonyl (C=O) groups excluding carboxylic acids is 2. The van der Waals surface area contributed by atoms with E-state index in [1.165, 1.54) is 30.0 Å². The molecule has 0 atom stereocenters. The first kappa shape index (κ1) is 24.1. The molecular weight excluding hydrogens is 475 g/mol. The van der Waals surface area contributed by atoms with E-state index in [0.717, 1.165) is 24.1 Å². The number of para-hydroxylation sites is 1. The summed E-state index contributed by atoms with van der Waals surface area (Å²) in [6.07, 6.45) is 1.88. The molecule has 0 spiro atoms. The Morgan fingerprint density at radius 1 is 1.08 bits per heavy atom. The topological polar surface area (TPSA) is 105 Å². The van der Waals surface area contributed by atoms with Gasteiger partial charge in [0.15, 0.2) is 0 Å². The molecule has 1 heterocycles. The fraction of sp³-hybridized carbons (Fsp3) is 0.179. The van der Waals surface area contributed by atoms with Crippen LogP contribution in [0.25, 0.3) is 11.3 Å². The summed E-state index contributed by atoms with van der Waals surface area (Å²) in [4.78, 5) is 25.8. The molecule has 0 aliphatic heterocycles. The van der Waals surface area contributed by atoms with Crippen LogP contribution in [0.2, 0.25) is 0 Å². The van der Waals surface area contributed by atoms with E-state index in [2.05, 4.69) is 15.7 Å². The van der Waals surface area contributed by atoms with Crippen molar-refractivity contribution in [3.8, 4) is 22.8 Å². The number of aromatic hydroxyl groups is 1. The van der Waals surface area contributed by atoms with E-state index >= 15 is 0 Å². The molecule has 0 bridgehead atoms. The Labute approximate surface area is 212 Å². The molecule has 1 aliphatic rings. The molecule has 4 aromatic rings. The van der Waals surface area contributed by atoms with Crippen molar-refractivity contribution in [1.29, 1.82) is 0 Å². The first-order valence-electron chi connectivity index (χ1n) is 11.8. The summed E-state index contributed by atoms with van der Waals surface area (Å²) in [5.41, 5.74) is 3.11. The lowest BCUT2D eigenvalue weighted by molar-refractivity contribution is 0.102. The molecule has 37 heavy (non-hydrogen) atoms. The standard InChI is InChI=1S/C28H25FN4O4/c1-37-26-5-3-2-4-21(26)27(35)31-20-12-13-25(34)22(14-20)23-15-24(18-8-9-18)33(32-23)28(36)30-16-17-6-10-19(29)11-7-17/h2-7,10-15,18,34H,8-9,16H2,1H3,(H,30,36)(H,31,35). The smallest absolute Gasteiger partial charge is 0.342 e. The number of aromatic nitrogens is 2. The number of phenolic OH excluding ortho intramolecular Hbond substituents is 1. The highest BCUT2D eigenvalue weighted by atomic mass is 19.1. The molecule has 1 saturated carbocycles. The third-order valence-corrected chi connectivity index (χ3v) is 6.16. The van der Waals surface area contributed by atoms with Crippen molar-refractivity contribution in [2.45, 2.75) is 25.3 Å². The summed E-state index contributed by atoms with van der Waals surface area (Å²) in [6.45, 7) is 0.216. The van der Waals surface area contributed by atoms with E-state index in [-0.39, 0.29) is 29.9 Å². The molecule has 0 unspecified atom stereocenters. The van der Waals surface area contributed by atoms with Gasteiger partial charge in [-0.3, -0.25) is 4.79 Å². The number of nitrogens with zero attached hydrogens (tertiary/aromatic N) is 2. The van der Waals surface area contributed by atoms with Crippen LogP contribution >= 0.6 is 0 Å². The predicted molar refractivity (Wildman–Crippen MR) is 136 cm³/mol. The molecule has 0 saturated heterocycles. The van der Waals surface area contributed by atoms with Crippen molar-refractivity contribution in [2.75, 3.05) is 12.4 Å². The lowest BCUT2D eigenvalue weighted by atomic mass is 10.1. The minimum atomic E-state index is -0.419. The van der Waals surface area contributed by atoms with E-state index in [1.807, 2.05) is 0 Å². The number of rotatable bonds is 7. The zero-order chi connectivity index (χ0) is 25.9. The van der Waals surface area contributed by atoms with Crippen molar-refractivity contribution in [2.24, 2.45) is 0 Å². The van der Waals surface area contributed by atoms with Gasteiger partial charge in [-0.2, -0.15) is 9.78 Å². The van der Waals surface area contributed by atoms with E-state index in [0.29, 0.717) is 28.3 Å². The number of amides is 2. The largest absolute Gasteiger partial charge is 0.507 e. The molecule has 5 rings (SSSR count). The molecule has 1 aliphatic carbocycles. The fourth-order valence-corrected chi connectivity index (χ4v) is 4.06. The zero-order valence-electron chi connectivity index (χ0n) is 20.1. The Kier molecular flexibility index (Phi) is 6.59. The second kappa shape index (κ2) is 10.1. The SMILES string of the molecule is COc1ccccc1C(=O)Nc1ccc(O)c(-c2cc(C3CC3)n(C(=O)NCc3ccc(F)cc3)n2)c1. The van der Waals surface area contributed by atoms with Gasteiger partial charge in [-0.15, -0.1) is 0 Å². The van der Waals surface area contributed by atoms with Gasteiger partial charge in [0.1, 0.15) is 17.3 Å². The highest BCUT2D eigenvalue weighted by molar-refractivity contribution is 6.06. The summed E-state index contributed by atoms with van der Waals surface area (Å²) in [5, 5.41) is 20.7. The van der Waals surface area contributed by atoms with Gasteiger partial charge in [0.2, 0.25) is 0 Å². The van der Waals surface area contributed by atoms with E-state index < -0.39 is 6.03 Å². The average Bonchev–Trinajstić information content (AvgIpc) is 3.67. The minimum absolute atomic E-state index is 0.0333. The number of hydrogen-bond acceptors (Lipinski definition) is 5. The quantitative estimate of drug-likeness (QED) is 0.299. The van der Waals surface area contributed by atoms with Gasteiger partial charge < -0.3 is 20.5 Å². The number of benzene rings is 3. The number of halogens is 1. The Hall–Kier alpha value is -4.66. The molecule has 1 aromatic heterocycles. The molecule has 3 aromatic carbocycles. The summed E-state index contributed by atoms with van der Waals surface area (Å²) < 4.78 is 19.7. The maximum absolute atomic E-state index is 13.2. The molecule has 9 heteroatoms. The highest BCUT2D eigenvalue weighted by Crippen LogP contribution is 2.42. The summed E-state index contributed by atoms with van der Waals surface area (Å²) in [7, 11) is 1.49. The Morgan fingerprint density at radius 3 is 2.57 bits per heavy atom. The molecular formula is C28H25FN4O4. The van der Waals surface area contributed by atoms with Crippen molar-refractivity contribution < 1.29 is 23.8 Å². The Balaban J connectivity index is 1.39. The molecule has 2 amide bonds. The van der Waals surface area contributed by atoms with Gasteiger partial charge in [0, 0.05) is 23.7 Å². The van der Waals surface area contributed by atoms with Crippen LogP contribution in [0.4, 0.5) is 14.9 Å². The van der Waals surface area contributed by atoms with Crippen LogP contribution in [-0.4, -0.2) is 33.9 Å². The molecule has 0 radical (unpaired) electrons. The Bertz CT molecular complexity index is 1460. The lowest BCUT2D eigenvalue weighted by Gasteiger charge is -2.10. The van der Waals surface area contributed by atoms with Crippen molar-refractivity contribution in [1.82, 2.24) is 15.1 Å².